The Balaban J connectivity index is 1.51. The minimum atomic E-state index is -0.0262. The molecule has 1 aliphatic heterocycles. The minimum absolute atomic E-state index is 0.0262. The summed E-state index contributed by atoms with van der Waals surface area (Å²) in [5, 5.41) is 3.01. The average molecular weight is 441 g/mol. The molecule has 7 heteroatoms. The van der Waals surface area contributed by atoms with Crippen molar-refractivity contribution < 1.29 is 14.3 Å². The summed E-state index contributed by atoms with van der Waals surface area (Å²) in [5.41, 5.74) is 3.72. The van der Waals surface area contributed by atoms with Gasteiger partial charge in [0, 0.05) is 49.7 Å². The number of piperidine rings is 1. The molecule has 0 aliphatic carbocycles. The molecule has 1 N–H and O–H groups in total. The number of likely N-dealkylation sites (tertiary alicyclic amines) is 1. The molecule has 2 aromatic heterocycles. The quantitative estimate of drug-likeness (QED) is 0.607. The highest BCUT2D eigenvalue weighted by molar-refractivity contribution is 5.96. The molecule has 0 aromatic carbocycles. The number of nitrogens with one attached hydrogen (secondary N) is 1. The highest BCUT2D eigenvalue weighted by Gasteiger charge is 2.29. The number of aromatic nitrogens is 2. The molecule has 0 unspecified atom stereocenters. The van der Waals surface area contributed by atoms with Crippen LogP contribution in [0.25, 0.3) is 0 Å². The molecule has 1 saturated heterocycles. The molecule has 7 nitrogen and oxygen atoms in total. The molecule has 0 atom stereocenters. The van der Waals surface area contributed by atoms with Gasteiger partial charge in [-0.2, -0.15) is 0 Å². The Kier molecular flexibility index (Phi) is 8.45. The van der Waals surface area contributed by atoms with Crippen molar-refractivity contribution in [2.45, 2.75) is 59.6 Å². The van der Waals surface area contributed by atoms with E-state index in [-0.39, 0.29) is 23.8 Å². The third-order valence-corrected chi connectivity index (χ3v) is 6.07. The average Bonchev–Trinajstić information content (AvgIpc) is 3.07. The van der Waals surface area contributed by atoms with E-state index in [0.717, 1.165) is 29.1 Å². The number of aryl methyl sites for hydroxylation is 1. The molecule has 1 fully saturated rings. The van der Waals surface area contributed by atoms with Gasteiger partial charge in [0.25, 0.3) is 5.91 Å². The van der Waals surface area contributed by atoms with E-state index in [1.54, 1.807) is 6.20 Å². The molecule has 0 spiro atoms. The van der Waals surface area contributed by atoms with E-state index in [2.05, 4.69) is 14.9 Å². The standard InChI is InChI=1S/C25H36N4O3/c1-18(2)32-15-7-12-27-24(30)21-9-13-28(14-10-21)25(31)23-16-19(3)29(20(23)4)17-22-8-5-6-11-26-22/h5-6,8,11,16,18,21H,7,9-10,12-15,17H2,1-4H3,(H,27,30). The maximum absolute atomic E-state index is 13.2. The first kappa shape index (κ1) is 24.0. The predicted molar refractivity (Wildman–Crippen MR) is 125 cm³/mol. The molecule has 3 heterocycles. The van der Waals surface area contributed by atoms with Gasteiger partial charge in [0.2, 0.25) is 5.91 Å². The zero-order valence-electron chi connectivity index (χ0n) is 19.8. The molecule has 3 rings (SSSR count). The van der Waals surface area contributed by atoms with Gasteiger partial charge in [-0.25, -0.2) is 0 Å². The Bertz CT molecular complexity index is 899. The van der Waals surface area contributed by atoms with Crippen LogP contribution in [0.4, 0.5) is 0 Å². The molecule has 0 radical (unpaired) electrons. The van der Waals surface area contributed by atoms with Crippen molar-refractivity contribution in [3.63, 3.8) is 0 Å². The highest BCUT2D eigenvalue weighted by Crippen LogP contribution is 2.23. The van der Waals surface area contributed by atoms with Crippen molar-refractivity contribution in [1.82, 2.24) is 19.8 Å². The van der Waals surface area contributed by atoms with Crippen molar-refractivity contribution in [3.8, 4) is 0 Å². The number of hydrogen-bond acceptors (Lipinski definition) is 4. The number of pyridine rings is 1. The van der Waals surface area contributed by atoms with E-state index in [4.69, 9.17) is 4.74 Å². The van der Waals surface area contributed by atoms with Crippen LogP contribution in [0.1, 0.15) is 60.5 Å². The minimum Gasteiger partial charge on any atom is -0.379 e. The van der Waals surface area contributed by atoms with Crippen molar-refractivity contribution in [1.29, 1.82) is 0 Å². The molecule has 1 aliphatic rings. The smallest absolute Gasteiger partial charge is 0.255 e. The lowest BCUT2D eigenvalue weighted by Crippen LogP contribution is -2.43. The first-order chi connectivity index (χ1) is 15.4. The van der Waals surface area contributed by atoms with Gasteiger partial charge in [0.1, 0.15) is 0 Å². The SMILES string of the molecule is Cc1cc(C(=O)N2CCC(C(=O)NCCCOC(C)C)CC2)c(C)n1Cc1ccccn1. The molecular formula is C25H36N4O3. The zero-order chi connectivity index (χ0) is 23.1. The van der Waals surface area contributed by atoms with Crippen LogP contribution >= 0.6 is 0 Å². The number of rotatable bonds is 9. The van der Waals surface area contributed by atoms with Gasteiger partial charge in [-0.1, -0.05) is 6.07 Å². The van der Waals surface area contributed by atoms with E-state index in [1.165, 1.54) is 0 Å². The maximum atomic E-state index is 13.2. The number of carbonyl (C=O) groups is 2. The largest absolute Gasteiger partial charge is 0.379 e. The van der Waals surface area contributed by atoms with Gasteiger partial charge >= 0.3 is 0 Å². The van der Waals surface area contributed by atoms with E-state index < -0.39 is 0 Å². The summed E-state index contributed by atoms with van der Waals surface area (Å²) < 4.78 is 7.64. The topological polar surface area (TPSA) is 76.5 Å². The second-order valence-electron chi connectivity index (χ2n) is 8.82. The summed E-state index contributed by atoms with van der Waals surface area (Å²) in [6.45, 7) is 11.2. The van der Waals surface area contributed by atoms with Crippen LogP contribution in [0.2, 0.25) is 0 Å². The van der Waals surface area contributed by atoms with Crippen molar-refractivity contribution in [2.24, 2.45) is 5.92 Å². The van der Waals surface area contributed by atoms with Gasteiger partial charge in [-0.15, -0.1) is 0 Å². The summed E-state index contributed by atoms with van der Waals surface area (Å²) >= 11 is 0. The van der Waals surface area contributed by atoms with Crippen LogP contribution in [-0.4, -0.2) is 58.6 Å². The highest BCUT2D eigenvalue weighted by atomic mass is 16.5. The van der Waals surface area contributed by atoms with Gasteiger partial charge in [-0.3, -0.25) is 14.6 Å². The van der Waals surface area contributed by atoms with Crippen LogP contribution in [0.3, 0.4) is 0 Å². The second kappa shape index (κ2) is 11.3. The van der Waals surface area contributed by atoms with Crippen molar-refractivity contribution in [3.05, 3.63) is 53.1 Å². The number of nitrogens with zero attached hydrogens (tertiary/aromatic N) is 3. The Hall–Kier alpha value is -2.67. The number of amides is 2. The van der Waals surface area contributed by atoms with Crippen molar-refractivity contribution in [2.75, 3.05) is 26.2 Å². The number of carbonyl (C=O) groups excluding carboxylic acids is 2. The Labute approximate surface area is 191 Å². The van der Waals surface area contributed by atoms with E-state index in [0.29, 0.717) is 45.6 Å². The fourth-order valence-corrected chi connectivity index (χ4v) is 4.18. The maximum Gasteiger partial charge on any atom is 0.255 e. The van der Waals surface area contributed by atoms with E-state index in [1.807, 2.05) is 56.9 Å². The van der Waals surface area contributed by atoms with Gasteiger partial charge in [-0.05, 0) is 65.2 Å². The van der Waals surface area contributed by atoms with Gasteiger partial charge in [0.05, 0.1) is 23.9 Å². The molecular weight excluding hydrogens is 404 g/mol. The molecule has 0 saturated carbocycles. The predicted octanol–water partition coefficient (Wildman–Crippen LogP) is 3.33. The lowest BCUT2D eigenvalue weighted by atomic mass is 9.95. The fourth-order valence-electron chi connectivity index (χ4n) is 4.18. The Morgan fingerprint density at radius 1 is 1.22 bits per heavy atom. The second-order valence-corrected chi connectivity index (χ2v) is 8.82. The van der Waals surface area contributed by atoms with E-state index >= 15 is 0 Å². The Morgan fingerprint density at radius 3 is 2.62 bits per heavy atom. The molecule has 0 bridgehead atoms. The zero-order valence-corrected chi connectivity index (χ0v) is 19.8. The summed E-state index contributed by atoms with van der Waals surface area (Å²) in [5.74, 6) is 0.118. The van der Waals surface area contributed by atoms with Crippen LogP contribution < -0.4 is 5.32 Å². The molecule has 32 heavy (non-hydrogen) atoms. The van der Waals surface area contributed by atoms with Crippen LogP contribution in [0.5, 0.6) is 0 Å². The van der Waals surface area contributed by atoms with Crippen molar-refractivity contribution >= 4 is 11.8 Å². The monoisotopic (exact) mass is 440 g/mol. The van der Waals surface area contributed by atoms with Crippen LogP contribution in [-0.2, 0) is 16.1 Å². The normalized spacial score (nSPS) is 14.7. The number of ether oxygens (including phenoxy) is 1. The van der Waals surface area contributed by atoms with Gasteiger partial charge < -0.3 is 19.5 Å². The first-order valence-electron chi connectivity index (χ1n) is 11.6. The Morgan fingerprint density at radius 2 is 1.97 bits per heavy atom. The third kappa shape index (κ3) is 6.19. The fraction of sp³-hybridized carbons (Fsp3) is 0.560. The molecule has 2 aromatic rings. The van der Waals surface area contributed by atoms with Gasteiger partial charge in [0.15, 0.2) is 0 Å². The van der Waals surface area contributed by atoms with Crippen LogP contribution in [0.15, 0.2) is 30.5 Å². The lowest BCUT2D eigenvalue weighted by Gasteiger charge is -2.31. The summed E-state index contributed by atoms with van der Waals surface area (Å²) in [7, 11) is 0. The lowest BCUT2D eigenvalue weighted by molar-refractivity contribution is -0.126. The molecule has 2 amide bonds. The van der Waals surface area contributed by atoms with E-state index in [9.17, 15) is 9.59 Å². The first-order valence-corrected chi connectivity index (χ1v) is 11.6. The summed E-state index contributed by atoms with van der Waals surface area (Å²) in [4.78, 5) is 31.9. The van der Waals surface area contributed by atoms with Crippen LogP contribution in [0, 0.1) is 19.8 Å². The summed E-state index contributed by atoms with van der Waals surface area (Å²) in [6, 6.07) is 7.84. The molecule has 174 valence electrons. The third-order valence-electron chi connectivity index (χ3n) is 6.07. The summed E-state index contributed by atoms with van der Waals surface area (Å²) in [6.07, 6.45) is 4.22. The number of hydrogen-bond donors (Lipinski definition) is 1.